The van der Waals surface area contributed by atoms with Gasteiger partial charge in [0.25, 0.3) is 10.0 Å². The molecule has 0 unspecified atom stereocenters. The van der Waals surface area contributed by atoms with Gasteiger partial charge < -0.3 is 9.64 Å². The lowest BCUT2D eigenvalue weighted by molar-refractivity contribution is 0.417. The zero-order valence-corrected chi connectivity index (χ0v) is 14.8. The summed E-state index contributed by atoms with van der Waals surface area (Å²) in [6.07, 6.45) is 2.33. The fourth-order valence-corrected chi connectivity index (χ4v) is 4.10. The minimum Gasteiger partial charge on any atom is -0.495 e. The average Bonchev–Trinajstić information content (AvgIpc) is 3.09. The Morgan fingerprint density at radius 2 is 1.83 bits per heavy atom. The van der Waals surface area contributed by atoms with E-state index in [1.807, 2.05) is 31.2 Å². The van der Waals surface area contributed by atoms with Crippen molar-refractivity contribution in [1.82, 2.24) is 0 Å². The van der Waals surface area contributed by atoms with Crippen molar-refractivity contribution in [1.29, 1.82) is 0 Å². The minimum absolute atomic E-state index is 0.246. The topological polar surface area (TPSA) is 58.6 Å². The number of methoxy groups -OCH3 is 1. The molecule has 0 bridgehead atoms. The highest BCUT2D eigenvalue weighted by atomic mass is 32.2. The van der Waals surface area contributed by atoms with E-state index in [2.05, 4.69) is 9.62 Å². The Morgan fingerprint density at radius 3 is 2.50 bits per heavy atom. The number of rotatable bonds is 5. The van der Waals surface area contributed by atoms with Crippen molar-refractivity contribution in [3.8, 4) is 5.75 Å². The van der Waals surface area contributed by atoms with Gasteiger partial charge in [-0.25, -0.2) is 8.42 Å². The van der Waals surface area contributed by atoms with E-state index in [1.165, 1.54) is 7.11 Å². The van der Waals surface area contributed by atoms with Gasteiger partial charge in [-0.05, 0) is 55.7 Å². The van der Waals surface area contributed by atoms with Crippen molar-refractivity contribution in [2.24, 2.45) is 0 Å². The van der Waals surface area contributed by atoms with Gasteiger partial charge in [-0.2, -0.15) is 0 Å². The molecule has 1 N–H and O–H groups in total. The summed E-state index contributed by atoms with van der Waals surface area (Å²) in [6.45, 7) is 3.86. The number of hydrogen-bond acceptors (Lipinski definition) is 4. The summed E-state index contributed by atoms with van der Waals surface area (Å²) in [5.74, 6) is 0.508. The second-order valence-corrected chi connectivity index (χ2v) is 7.68. The highest BCUT2D eigenvalue weighted by Crippen LogP contribution is 2.32. The Kier molecular flexibility index (Phi) is 4.66. The standard InChI is InChI=1S/C18H22N2O3S/c1-14-6-5-7-16(12-14)24(21,22)19-17-13-15(8-9-18(17)23-2)20-10-3-4-11-20/h5-9,12-13,19H,3-4,10-11H2,1-2H3. The molecule has 24 heavy (non-hydrogen) atoms. The maximum Gasteiger partial charge on any atom is 0.262 e. The molecule has 1 heterocycles. The first-order valence-corrected chi connectivity index (χ1v) is 9.50. The number of benzene rings is 2. The van der Waals surface area contributed by atoms with Crippen molar-refractivity contribution < 1.29 is 13.2 Å². The lowest BCUT2D eigenvalue weighted by atomic mass is 10.2. The average molecular weight is 346 g/mol. The highest BCUT2D eigenvalue weighted by molar-refractivity contribution is 7.92. The zero-order chi connectivity index (χ0) is 17.2. The molecule has 0 aliphatic carbocycles. The van der Waals surface area contributed by atoms with Crippen molar-refractivity contribution in [3.63, 3.8) is 0 Å². The molecule has 0 radical (unpaired) electrons. The van der Waals surface area contributed by atoms with Crippen LogP contribution in [0.25, 0.3) is 0 Å². The molecule has 0 saturated carbocycles. The Balaban J connectivity index is 1.94. The Morgan fingerprint density at radius 1 is 1.08 bits per heavy atom. The molecular formula is C18H22N2O3S. The number of ether oxygens (including phenoxy) is 1. The molecule has 0 spiro atoms. The van der Waals surface area contributed by atoms with Crippen LogP contribution in [-0.2, 0) is 10.0 Å². The van der Waals surface area contributed by atoms with Crippen LogP contribution in [0.1, 0.15) is 18.4 Å². The number of nitrogens with zero attached hydrogens (tertiary/aromatic N) is 1. The van der Waals surface area contributed by atoms with E-state index < -0.39 is 10.0 Å². The van der Waals surface area contributed by atoms with Crippen molar-refractivity contribution >= 4 is 21.4 Å². The number of sulfonamides is 1. The summed E-state index contributed by atoms with van der Waals surface area (Å²) in [7, 11) is -2.12. The third-order valence-corrected chi connectivity index (χ3v) is 5.56. The van der Waals surface area contributed by atoms with Gasteiger partial charge in [0, 0.05) is 18.8 Å². The lowest BCUT2D eigenvalue weighted by Crippen LogP contribution is -2.18. The smallest absolute Gasteiger partial charge is 0.262 e. The van der Waals surface area contributed by atoms with Crippen LogP contribution in [-0.4, -0.2) is 28.6 Å². The van der Waals surface area contributed by atoms with Gasteiger partial charge in [0.05, 0.1) is 17.7 Å². The maximum atomic E-state index is 12.7. The van der Waals surface area contributed by atoms with Gasteiger partial charge in [0.2, 0.25) is 0 Å². The number of nitrogens with one attached hydrogen (secondary N) is 1. The monoisotopic (exact) mass is 346 g/mol. The molecule has 1 aliphatic heterocycles. The molecule has 3 rings (SSSR count). The van der Waals surface area contributed by atoms with E-state index in [0.29, 0.717) is 11.4 Å². The van der Waals surface area contributed by atoms with Crippen LogP contribution in [0.15, 0.2) is 47.4 Å². The molecule has 1 saturated heterocycles. The fourth-order valence-electron chi connectivity index (χ4n) is 2.93. The maximum absolute atomic E-state index is 12.7. The van der Waals surface area contributed by atoms with E-state index in [9.17, 15) is 8.42 Å². The van der Waals surface area contributed by atoms with Crippen LogP contribution in [0, 0.1) is 6.92 Å². The summed E-state index contributed by atoms with van der Waals surface area (Å²) in [6, 6.07) is 12.5. The largest absolute Gasteiger partial charge is 0.495 e. The van der Waals surface area contributed by atoms with Crippen molar-refractivity contribution in [3.05, 3.63) is 48.0 Å². The third kappa shape index (κ3) is 3.48. The van der Waals surface area contributed by atoms with Crippen molar-refractivity contribution in [2.45, 2.75) is 24.7 Å². The number of aryl methyl sites for hydroxylation is 1. The van der Waals surface area contributed by atoms with E-state index in [-0.39, 0.29) is 4.90 Å². The van der Waals surface area contributed by atoms with Crippen LogP contribution in [0.2, 0.25) is 0 Å². The Bertz CT molecular complexity index is 828. The highest BCUT2D eigenvalue weighted by Gasteiger charge is 2.19. The van der Waals surface area contributed by atoms with E-state index >= 15 is 0 Å². The molecule has 6 heteroatoms. The molecule has 2 aromatic carbocycles. The normalized spacial score (nSPS) is 14.7. The van der Waals surface area contributed by atoms with Crippen molar-refractivity contribution in [2.75, 3.05) is 29.8 Å². The van der Waals surface area contributed by atoms with Gasteiger partial charge in [0.15, 0.2) is 0 Å². The Hall–Kier alpha value is -2.21. The van der Waals surface area contributed by atoms with E-state index in [4.69, 9.17) is 4.74 Å². The molecule has 5 nitrogen and oxygen atoms in total. The predicted octanol–water partition coefficient (Wildman–Crippen LogP) is 3.40. The van der Waals surface area contributed by atoms with Crippen LogP contribution < -0.4 is 14.4 Å². The summed E-state index contributed by atoms with van der Waals surface area (Å²) in [4.78, 5) is 2.50. The molecule has 0 atom stereocenters. The van der Waals surface area contributed by atoms with Gasteiger partial charge in [-0.3, -0.25) is 4.72 Å². The van der Waals surface area contributed by atoms with Crippen LogP contribution in [0.5, 0.6) is 5.75 Å². The fraction of sp³-hybridized carbons (Fsp3) is 0.333. The summed E-state index contributed by atoms with van der Waals surface area (Å²) < 4.78 is 33.3. The molecule has 2 aromatic rings. The lowest BCUT2D eigenvalue weighted by Gasteiger charge is -2.20. The second-order valence-electron chi connectivity index (χ2n) is 6.00. The molecule has 0 amide bonds. The molecular weight excluding hydrogens is 324 g/mol. The summed E-state index contributed by atoms with van der Waals surface area (Å²) in [5, 5.41) is 0. The van der Waals surface area contributed by atoms with Gasteiger partial charge in [-0.15, -0.1) is 0 Å². The number of hydrogen-bond donors (Lipinski definition) is 1. The first-order valence-electron chi connectivity index (χ1n) is 8.02. The quantitative estimate of drug-likeness (QED) is 0.901. The third-order valence-electron chi connectivity index (χ3n) is 4.20. The molecule has 128 valence electrons. The minimum atomic E-state index is -3.66. The predicted molar refractivity (Wildman–Crippen MR) is 96.4 cm³/mol. The zero-order valence-electron chi connectivity index (χ0n) is 14.0. The molecule has 1 aliphatic rings. The Labute approximate surface area is 143 Å². The van der Waals surface area contributed by atoms with Gasteiger partial charge in [0.1, 0.15) is 5.75 Å². The van der Waals surface area contributed by atoms with E-state index in [1.54, 1.807) is 18.2 Å². The molecule has 0 aromatic heterocycles. The SMILES string of the molecule is COc1ccc(N2CCCC2)cc1NS(=O)(=O)c1cccc(C)c1. The first-order chi connectivity index (χ1) is 11.5. The van der Waals surface area contributed by atoms with Crippen LogP contribution >= 0.6 is 0 Å². The van der Waals surface area contributed by atoms with Crippen LogP contribution in [0.4, 0.5) is 11.4 Å². The van der Waals surface area contributed by atoms with Gasteiger partial charge >= 0.3 is 0 Å². The number of anilines is 2. The van der Waals surface area contributed by atoms with E-state index in [0.717, 1.165) is 37.2 Å². The van der Waals surface area contributed by atoms with Crippen LogP contribution in [0.3, 0.4) is 0 Å². The molecule has 1 fully saturated rings. The van der Waals surface area contributed by atoms with Gasteiger partial charge in [-0.1, -0.05) is 12.1 Å². The summed E-state index contributed by atoms with van der Waals surface area (Å²) >= 11 is 0. The second kappa shape index (κ2) is 6.73. The summed E-state index contributed by atoms with van der Waals surface area (Å²) in [5.41, 5.74) is 2.37. The first kappa shape index (κ1) is 16.6.